The third-order valence-corrected chi connectivity index (χ3v) is 4.34. The number of hydrogen-bond acceptors (Lipinski definition) is 5. The second kappa shape index (κ2) is 5.70. The second-order valence-corrected chi connectivity index (χ2v) is 6.45. The number of aromatic hydroxyl groups is 1. The quantitative estimate of drug-likeness (QED) is 0.707. The highest BCUT2D eigenvalue weighted by molar-refractivity contribution is 9.10. The van der Waals surface area contributed by atoms with Crippen molar-refractivity contribution in [2.75, 3.05) is 4.72 Å². The minimum Gasteiger partial charge on any atom is -0.507 e. The Morgan fingerprint density at radius 3 is 2.52 bits per heavy atom. The summed E-state index contributed by atoms with van der Waals surface area (Å²) >= 11 is 3.12. The molecule has 0 unspecified atom stereocenters. The number of rotatable bonds is 4. The van der Waals surface area contributed by atoms with Gasteiger partial charge >= 0.3 is 5.97 Å². The highest BCUT2D eigenvalue weighted by Gasteiger charge is 2.19. The predicted octanol–water partition coefficient (Wildman–Crippen LogP) is 2.05. The molecule has 2 rings (SSSR count). The Hall–Kier alpha value is -2.13. The summed E-state index contributed by atoms with van der Waals surface area (Å²) in [5.74, 6) is -1.93. The minimum absolute atomic E-state index is 0.225. The van der Waals surface area contributed by atoms with Gasteiger partial charge in [-0.1, -0.05) is 0 Å². The molecule has 1 heterocycles. The van der Waals surface area contributed by atoms with Gasteiger partial charge in [-0.25, -0.2) is 18.2 Å². The van der Waals surface area contributed by atoms with Gasteiger partial charge in [-0.05, 0) is 46.3 Å². The number of halogens is 1. The Labute approximate surface area is 128 Å². The van der Waals surface area contributed by atoms with E-state index in [1.54, 1.807) is 6.07 Å². The van der Waals surface area contributed by atoms with Crippen molar-refractivity contribution in [3.8, 4) is 5.75 Å². The van der Waals surface area contributed by atoms with Crippen LogP contribution in [0.4, 0.5) is 5.69 Å². The molecule has 0 atom stereocenters. The molecule has 0 aliphatic carbocycles. The topological polar surface area (TPSA) is 117 Å². The van der Waals surface area contributed by atoms with Crippen LogP contribution in [0.3, 0.4) is 0 Å². The number of phenols is 1. The predicted molar refractivity (Wildman–Crippen MR) is 77.8 cm³/mol. The Kier molecular flexibility index (Phi) is 4.14. The summed E-state index contributed by atoms with van der Waals surface area (Å²) in [5, 5.41) is 18.3. The average Bonchev–Trinajstić information content (AvgIpc) is 2.41. The van der Waals surface area contributed by atoms with Crippen LogP contribution in [0.25, 0.3) is 0 Å². The van der Waals surface area contributed by atoms with Gasteiger partial charge in [0.15, 0.2) is 0 Å². The van der Waals surface area contributed by atoms with Crippen molar-refractivity contribution < 1.29 is 23.4 Å². The monoisotopic (exact) mass is 372 g/mol. The fourth-order valence-corrected chi connectivity index (χ4v) is 2.81. The number of nitrogens with zero attached hydrogens (tertiary/aromatic N) is 1. The molecule has 1 aromatic heterocycles. The first-order valence-electron chi connectivity index (χ1n) is 5.50. The van der Waals surface area contributed by atoms with Crippen molar-refractivity contribution in [3.05, 3.63) is 46.7 Å². The molecule has 2 aromatic rings. The Morgan fingerprint density at radius 2 is 1.95 bits per heavy atom. The third-order valence-electron chi connectivity index (χ3n) is 2.49. The number of carboxylic acid groups (broad SMARTS) is 1. The summed E-state index contributed by atoms with van der Waals surface area (Å²) in [4.78, 5) is 14.5. The number of anilines is 1. The van der Waals surface area contributed by atoms with Crippen LogP contribution < -0.4 is 4.72 Å². The van der Waals surface area contributed by atoms with Gasteiger partial charge < -0.3 is 10.2 Å². The number of carbonyl (C=O) groups is 1. The van der Waals surface area contributed by atoms with E-state index in [0.29, 0.717) is 4.60 Å². The molecule has 0 bridgehead atoms. The number of pyridine rings is 1. The van der Waals surface area contributed by atoms with E-state index in [-0.39, 0.29) is 10.6 Å². The van der Waals surface area contributed by atoms with E-state index in [1.807, 2.05) is 0 Å². The normalized spacial score (nSPS) is 11.1. The number of benzene rings is 1. The van der Waals surface area contributed by atoms with Crippen LogP contribution in [0.15, 0.2) is 46.0 Å². The van der Waals surface area contributed by atoms with Crippen LogP contribution in [0.5, 0.6) is 5.75 Å². The molecule has 0 saturated carbocycles. The lowest BCUT2D eigenvalue weighted by molar-refractivity contribution is 0.0693. The van der Waals surface area contributed by atoms with E-state index >= 15 is 0 Å². The van der Waals surface area contributed by atoms with Crippen LogP contribution in [0, 0.1) is 0 Å². The summed E-state index contributed by atoms with van der Waals surface area (Å²) in [6, 6.07) is 6.05. The zero-order valence-electron chi connectivity index (χ0n) is 10.3. The lowest BCUT2D eigenvalue weighted by Crippen LogP contribution is -2.14. The Balaban J connectivity index is 2.38. The van der Waals surface area contributed by atoms with Gasteiger partial charge in [0.2, 0.25) is 0 Å². The fourth-order valence-electron chi connectivity index (χ4n) is 1.50. The van der Waals surface area contributed by atoms with Crippen molar-refractivity contribution in [2.24, 2.45) is 0 Å². The van der Waals surface area contributed by atoms with E-state index in [2.05, 4.69) is 25.6 Å². The number of carboxylic acids is 1. The molecule has 9 heteroatoms. The van der Waals surface area contributed by atoms with Crippen LogP contribution in [-0.2, 0) is 10.0 Å². The maximum absolute atomic E-state index is 12.1. The Bertz CT molecular complexity index is 790. The van der Waals surface area contributed by atoms with Gasteiger partial charge in [0.1, 0.15) is 15.9 Å². The molecule has 21 heavy (non-hydrogen) atoms. The SMILES string of the molecule is O=C(O)c1cc(S(=O)(=O)Nc2ccc(Br)nc2)ccc1O. The third kappa shape index (κ3) is 3.50. The number of hydrogen-bond donors (Lipinski definition) is 3. The molecule has 110 valence electrons. The first-order chi connectivity index (χ1) is 9.79. The smallest absolute Gasteiger partial charge is 0.339 e. The lowest BCUT2D eigenvalue weighted by atomic mass is 10.2. The number of aromatic nitrogens is 1. The molecule has 0 aliphatic rings. The molecular weight excluding hydrogens is 364 g/mol. The van der Waals surface area contributed by atoms with Crippen LogP contribution in [0.2, 0.25) is 0 Å². The molecule has 0 spiro atoms. The molecule has 1 aromatic carbocycles. The van der Waals surface area contributed by atoms with Gasteiger partial charge in [0.05, 0.1) is 16.8 Å². The van der Waals surface area contributed by atoms with Crippen molar-refractivity contribution in [3.63, 3.8) is 0 Å². The maximum Gasteiger partial charge on any atom is 0.339 e. The number of aromatic carboxylic acids is 1. The molecule has 0 fully saturated rings. The molecule has 0 amide bonds. The number of nitrogens with one attached hydrogen (secondary N) is 1. The van der Waals surface area contributed by atoms with E-state index in [4.69, 9.17) is 5.11 Å². The second-order valence-electron chi connectivity index (χ2n) is 3.96. The molecule has 7 nitrogen and oxygen atoms in total. The highest BCUT2D eigenvalue weighted by atomic mass is 79.9. The standard InChI is InChI=1S/C12H9BrN2O5S/c13-11-4-1-7(6-14-11)15-21(19,20)8-2-3-10(16)9(5-8)12(17)18/h1-6,15-16H,(H,17,18). The van der Waals surface area contributed by atoms with Gasteiger partial charge in [0.25, 0.3) is 10.0 Å². The average molecular weight is 373 g/mol. The summed E-state index contributed by atoms with van der Waals surface area (Å²) in [6.07, 6.45) is 1.31. The summed E-state index contributed by atoms with van der Waals surface area (Å²) < 4.78 is 27.1. The largest absolute Gasteiger partial charge is 0.507 e. The molecule has 0 saturated heterocycles. The highest BCUT2D eigenvalue weighted by Crippen LogP contribution is 2.23. The van der Waals surface area contributed by atoms with Crippen molar-refractivity contribution >= 4 is 37.6 Å². The van der Waals surface area contributed by atoms with Crippen LogP contribution in [-0.4, -0.2) is 29.6 Å². The van der Waals surface area contributed by atoms with Gasteiger partial charge in [-0.3, -0.25) is 4.72 Å². The first kappa shape index (κ1) is 15.3. The summed E-state index contributed by atoms with van der Waals surface area (Å²) in [5.41, 5.74) is -0.269. The van der Waals surface area contributed by atoms with Gasteiger partial charge in [0, 0.05) is 0 Å². The fraction of sp³-hybridized carbons (Fsp3) is 0. The molecule has 0 radical (unpaired) electrons. The van der Waals surface area contributed by atoms with Crippen LogP contribution >= 0.6 is 15.9 Å². The van der Waals surface area contributed by atoms with Gasteiger partial charge in [-0.15, -0.1) is 0 Å². The van der Waals surface area contributed by atoms with Crippen molar-refractivity contribution in [2.45, 2.75) is 4.90 Å². The lowest BCUT2D eigenvalue weighted by Gasteiger charge is -2.09. The van der Waals surface area contributed by atoms with E-state index in [1.165, 1.54) is 12.3 Å². The zero-order chi connectivity index (χ0) is 15.6. The van der Waals surface area contributed by atoms with Crippen LogP contribution in [0.1, 0.15) is 10.4 Å². The van der Waals surface area contributed by atoms with E-state index < -0.39 is 27.3 Å². The van der Waals surface area contributed by atoms with E-state index in [9.17, 15) is 18.3 Å². The molecular formula is C12H9BrN2O5S. The van der Waals surface area contributed by atoms with Crippen molar-refractivity contribution in [1.29, 1.82) is 0 Å². The molecule has 0 aliphatic heterocycles. The number of sulfonamides is 1. The summed E-state index contributed by atoms with van der Waals surface area (Å²) in [6.45, 7) is 0. The van der Waals surface area contributed by atoms with E-state index in [0.717, 1.165) is 18.2 Å². The minimum atomic E-state index is -3.98. The summed E-state index contributed by atoms with van der Waals surface area (Å²) in [7, 11) is -3.98. The Morgan fingerprint density at radius 1 is 1.24 bits per heavy atom. The van der Waals surface area contributed by atoms with Gasteiger partial charge in [-0.2, -0.15) is 0 Å². The zero-order valence-corrected chi connectivity index (χ0v) is 12.7. The first-order valence-corrected chi connectivity index (χ1v) is 7.78. The molecule has 3 N–H and O–H groups in total. The maximum atomic E-state index is 12.1. The van der Waals surface area contributed by atoms with Crippen molar-refractivity contribution in [1.82, 2.24) is 4.98 Å².